The second-order valence-corrected chi connectivity index (χ2v) is 4.77. The molecule has 0 saturated heterocycles. The average molecular weight is 296 g/mol. The van der Waals surface area contributed by atoms with Gasteiger partial charge in [0.2, 0.25) is 0 Å². The van der Waals surface area contributed by atoms with E-state index in [1.807, 2.05) is 30.3 Å². The Bertz CT molecular complexity index is 743. The summed E-state index contributed by atoms with van der Waals surface area (Å²) in [6.07, 6.45) is 0. The summed E-state index contributed by atoms with van der Waals surface area (Å²) in [5.41, 5.74) is 3.09. The van der Waals surface area contributed by atoms with Crippen molar-refractivity contribution >= 4 is 28.8 Å². The average Bonchev–Trinajstić information content (AvgIpc) is 2.87. The van der Waals surface area contributed by atoms with E-state index in [0.29, 0.717) is 22.9 Å². The van der Waals surface area contributed by atoms with Crippen molar-refractivity contribution in [3.8, 4) is 5.75 Å². The van der Waals surface area contributed by atoms with E-state index in [2.05, 4.69) is 27.8 Å². The van der Waals surface area contributed by atoms with Crippen LogP contribution in [0.4, 0.5) is 27.5 Å². The normalized spacial score (nSPS) is 12.0. The van der Waals surface area contributed by atoms with Gasteiger partial charge in [-0.2, -0.15) is 0 Å². The number of methoxy groups -OCH3 is 1. The number of para-hydroxylation sites is 2. The monoisotopic (exact) mass is 296 g/mol. The number of urea groups is 1. The van der Waals surface area contributed by atoms with E-state index >= 15 is 0 Å². The lowest BCUT2D eigenvalue weighted by molar-refractivity contribution is 0.262. The van der Waals surface area contributed by atoms with Crippen LogP contribution in [0.3, 0.4) is 0 Å². The standard InChI is InChI=1S/C16H16N4O2/c1-10-17-12-8-7-11(9-14(12)18-10)19-16(21)20-13-5-3-4-6-15(13)22-2/h3-9,17-18H,1H2,2H3,(H2,19,20,21). The maximum absolute atomic E-state index is 12.1. The molecule has 1 aliphatic rings. The zero-order valence-corrected chi connectivity index (χ0v) is 12.1. The molecular weight excluding hydrogens is 280 g/mol. The Hall–Kier alpha value is -3.15. The van der Waals surface area contributed by atoms with Crippen molar-refractivity contribution in [1.82, 2.24) is 0 Å². The van der Waals surface area contributed by atoms with Gasteiger partial charge in [0, 0.05) is 5.69 Å². The number of hydrogen-bond donors (Lipinski definition) is 4. The molecule has 0 saturated carbocycles. The van der Waals surface area contributed by atoms with Gasteiger partial charge in [-0.15, -0.1) is 0 Å². The topological polar surface area (TPSA) is 74.4 Å². The summed E-state index contributed by atoms with van der Waals surface area (Å²) >= 11 is 0. The largest absolute Gasteiger partial charge is 0.495 e. The number of rotatable bonds is 3. The number of amides is 2. The van der Waals surface area contributed by atoms with Crippen LogP contribution in [0.5, 0.6) is 5.75 Å². The highest BCUT2D eigenvalue weighted by Gasteiger charge is 2.13. The Kier molecular flexibility index (Phi) is 3.57. The van der Waals surface area contributed by atoms with Crippen molar-refractivity contribution in [2.75, 3.05) is 28.4 Å². The zero-order chi connectivity index (χ0) is 15.5. The van der Waals surface area contributed by atoms with Crippen LogP contribution in [-0.2, 0) is 0 Å². The lowest BCUT2D eigenvalue weighted by atomic mass is 10.2. The summed E-state index contributed by atoms with van der Waals surface area (Å²) in [5, 5.41) is 11.7. The molecule has 2 aromatic rings. The van der Waals surface area contributed by atoms with Crippen molar-refractivity contribution in [3.05, 3.63) is 54.9 Å². The molecule has 0 aliphatic carbocycles. The van der Waals surface area contributed by atoms with E-state index in [1.54, 1.807) is 19.2 Å². The summed E-state index contributed by atoms with van der Waals surface area (Å²) in [6, 6.07) is 12.4. The molecular formula is C16H16N4O2. The second-order valence-electron chi connectivity index (χ2n) is 4.77. The lowest BCUT2D eigenvalue weighted by Crippen LogP contribution is -2.19. The summed E-state index contributed by atoms with van der Waals surface area (Å²) in [6.45, 7) is 3.80. The highest BCUT2D eigenvalue weighted by atomic mass is 16.5. The van der Waals surface area contributed by atoms with Crippen LogP contribution in [0, 0.1) is 0 Å². The van der Waals surface area contributed by atoms with Gasteiger partial charge in [-0.1, -0.05) is 18.7 Å². The van der Waals surface area contributed by atoms with Crippen LogP contribution in [0.25, 0.3) is 0 Å². The van der Waals surface area contributed by atoms with Gasteiger partial charge >= 0.3 is 6.03 Å². The minimum Gasteiger partial charge on any atom is -0.495 e. The molecule has 0 fully saturated rings. The molecule has 0 spiro atoms. The molecule has 0 atom stereocenters. The van der Waals surface area contributed by atoms with E-state index in [4.69, 9.17) is 4.74 Å². The zero-order valence-electron chi connectivity index (χ0n) is 12.1. The molecule has 3 rings (SSSR count). The molecule has 0 bridgehead atoms. The van der Waals surface area contributed by atoms with Crippen LogP contribution in [0.15, 0.2) is 54.9 Å². The van der Waals surface area contributed by atoms with Crippen LogP contribution in [0.1, 0.15) is 0 Å². The van der Waals surface area contributed by atoms with Crippen LogP contribution in [0.2, 0.25) is 0 Å². The lowest BCUT2D eigenvalue weighted by Gasteiger charge is -2.11. The van der Waals surface area contributed by atoms with E-state index in [1.165, 1.54) is 0 Å². The number of carbonyl (C=O) groups excluding carboxylic acids is 1. The fourth-order valence-corrected chi connectivity index (χ4v) is 2.22. The van der Waals surface area contributed by atoms with Gasteiger partial charge in [-0.05, 0) is 30.3 Å². The van der Waals surface area contributed by atoms with E-state index in [-0.39, 0.29) is 6.03 Å². The molecule has 0 unspecified atom stereocenters. The Labute approximate surface area is 128 Å². The number of anilines is 4. The maximum Gasteiger partial charge on any atom is 0.323 e. The molecule has 22 heavy (non-hydrogen) atoms. The van der Waals surface area contributed by atoms with Gasteiger partial charge in [0.05, 0.1) is 24.2 Å². The maximum atomic E-state index is 12.1. The Morgan fingerprint density at radius 2 is 1.86 bits per heavy atom. The smallest absolute Gasteiger partial charge is 0.323 e. The number of fused-ring (bicyclic) bond motifs is 1. The van der Waals surface area contributed by atoms with Gasteiger partial charge in [0.1, 0.15) is 11.6 Å². The molecule has 4 N–H and O–H groups in total. The molecule has 1 aliphatic heterocycles. The highest BCUT2D eigenvalue weighted by Crippen LogP contribution is 2.32. The van der Waals surface area contributed by atoms with Gasteiger partial charge in [0.15, 0.2) is 0 Å². The van der Waals surface area contributed by atoms with Crippen molar-refractivity contribution in [1.29, 1.82) is 0 Å². The second kappa shape index (κ2) is 5.69. The third-order valence-corrected chi connectivity index (χ3v) is 3.20. The minimum absolute atomic E-state index is 0.339. The Morgan fingerprint density at radius 3 is 2.68 bits per heavy atom. The molecule has 2 aromatic carbocycles. The van der Waals surface area contributed by atoms with E-state index in [0.717, 1.165) is 11.4 Å². The molecule has 1 heterocycles. The van der Waals surface area contributed by atoms with Crippen molar-refractivity contribution < 1.29 is 9.53 Å². The van der Waals surface area contributed by atoms with Gasteiger partial charge in [-0.25, -0.2) is 4.79 Å². The van der Waals surface area contributed by atoms with Gasteiger partial charge in [0.25, 0.3) is 0 Å². The summed E-state index contributed by atoms with van der Waals surface area (Å²) in [7, 11) is 1.56. The fraction of sp³-hybridized carbons (Fsp3) is 0.0625. The van der Waals surface area contributed by atoms with E-state index in [9.17, 15) is 4.79 Å². The number of benzene rings is 2. The third kappa shape index (κ3) is 2.80. The predicted octanol–water partition coefficient (Wildman–Crippen LogP) is 3.65. The number of hydrogen-bond acceptors (Lipinski definition) is 4. The van der Waals surface area contributed by atoms with Crippen LogP contribution >= 0.6 is 0 Å². The summed E-state index contributed by atoms with van der Waals surface area (Å²) in [4.78, 5) is 12.1. The third-order valence-electron chi connectivity index (χ3n) is 3.20. The molecule has 0 radical (unpaired) electrons. The summed E-state index contributed by atoms with van der Waals surface area (Å²) < 4.78 is 5.20. The highest BCUT2D eigenvalue weighted by molar-refractivity contribution is 6.01. The Balaban J connectivity index is 1.70. The minimum atomic E-state index is -0.339. The first-order chi connectivity index (χ1) is 10.7. The first kappa shape index (κ1) is 13.8. The summed E-state index contributed by atoms with van der Waals surface area (Å²) in [5.74, 6) is 1.32. The van der Waals surface area contributed by atoms with Crippen LogP contribution in [-0.4, -0.2) is 13.1 Å². The van der Waals surface area contributed by atoms with Crippen molar-refractivity contribution in [2.45, 2.75) is 0 Å². The fourth-order valence-electron chi connectivity index (χ4n) is 2.22. The number of carbonyl (C=O) groups is 1. The Morgan fingerprint density at radius 1 is 1.09 bits per heavy atom. The quantitative estimate of drug-likeness (QED) is 0.697. The predicted molar refractivity (Wildman–Crippen MR) is 88.5 cm³/mol. The van der Waals surface area contributed by atoms with Crippen molar-refractivity contribution in [3.63, 3.8) is 0 Å². The molecule has 0 aromatic heterocycles. The SMILES string of the molecule is C=C1Nc2ccc(NC(=O)Nc3ccccc3OC)cc2N1. The van der Waals surface area contributed by atoms with Gasteiger partial charge in [-0.3, -0.25) is 0 Å². The molecule has 6 heteroatoms. The molecule has 2 amide bonds. The number of ether oxygens (including phenoxy) is 1. The molecule has 6 nitrogen and oxygen atoms in total. The molecule has 112 valence electrons. The first-order valence-corrected chi connectivity index (χ1v) is 6.74. The van der Waals surface area contributed by atoms with Gasteiger partial charge < -0.3 is 26.0 Å². The number of nitrogens with one attached hydrogen (secondary N) is 4. The van der Waals surface area contributed by atoms with E-state index < -0.39 is 0 Å². The first-order valence-electron chi connectivity index (χ1n) is 6.74. The van der Waals surface area contributed by atoms with Crippen LogP contribution < -0.4 is 26.0 Å². The van der Waals surface area contributed by atoms with Crippen molar-refractivity contribution in [2.24, 2.45) is 0 Å².